The van der Waals surface area contributed by atoms with E-state index in [1.807, 2.05) is 11.0 Å². The van der Waals surface area contributed by atoms with Crippen LogP contribution >= 0.6 is 0 Å². The fourth-order valence-electron chi connectivity index (χ4n) is 4.97. The van der Waals surface area contributed by atoms with Crippen LogP contribution in [0, 0.1) is 5.82 Å². The fourth-order valence-corrected chi connectivity index (χ4v) is 5.67. The molecule has 1 amide bonds. The molecular formula is C26H26FN7O5S. The molecule has 208 valence electrons. The minimum absolute atomic E-state index is 0.0988. The highest BCUT2D eigenvalue weighted by Crippen LogP contribution is 2.35. The Morgan fingerprint density at radius 1 is 1.07 bits per heavy atom. The summed E-state index contributed by atoms with van der Waals surface area (Å²) < 4.78 is 52.5. The molecule has 14 heteroatoms. The van der Waals surface area contributed by atoms with Gasteiger partial charge in [-0.05, 0) is 49.2 Å². The highest BCUT2D eigenvalue weighted by Gasteiger charge is 2.25. The minimum atomic E-state index is -3.81. The number of benzene rings is 2. The molecule has 0 spiro atoms. The third-order valence-corrected chi connectivity index (χ3v) is 7.46. The number of halogens is 1. The number of nitrogens with one attached hydrogen (secondary N) is 2. The summed E-state index contributed by atoms with van der Waals surface area (Å²) in [6.45, 7) is 1.86. The number of hydrogen-bond donors (Lipinski definition) is 3. The van der Waals surface area contributed by atoms with E-state index in [1.54, 1.807) is 41.2 Å². The van der Waals surface area contributed by atoms with E-state index in [0.29, 0.717) is 73.2 Å². The Labute approximate surface area is 229 Å². The van der Waals surface area contributed by atoms with Gasteiger partial charge >= 0.3 is 0 Å². The summed E-state index contributed by atoms with van der Waals surface area (Å²) in [5.74, 6) is 0.163. The second-order valence-electron chi connectivity index (χ2n) is 9.53. The van der Waals surface area contributed by atoms with Crippen molar-refractivity contribution in [1.29, 1.82) is 0 Å². The van der Waals surface area contributed by atoms with Gasteiger partial charge in [-0.3, -0.25) is 4.79 Å². The summed E-state index contributed by atoms with van der Waals surface area (Å²) in [5.41, 5.74) is 2.70. The lowest BCUT2D eigenvalue weighted by atomic mass is 10.0. The number of hydrogen-bond acceptors (Lipinski definition) is 8. The second-order valence-corrected chi connectivity index (χ2v) is 10.9. The highest BCUT2D eigenvalue weighted by atomic mass is 32.2. The van der Waals surface area contributed by atoms with Crippen molar-refractivity contribution in [3.63, 3.8) is 0 Å². The van der Waals surface area contributed by atoms with Crippen LogP contribution in [0.15, 0.2) is 55.0 Å². The van der Waals surface area contributed by atoms with Crippen LogP contribution in [0.25, 0.3) is 16.9 Å². The molecule has 2 aliphatic heterocycles. The van der Waals surface area contributed by atoms with E-state index in [1.165, 1.54) is 12.1 Å². The predicted molar refractivity (Wildman–Crippen MR) is 145 cm³/mol. The predicted octanol–water partition coefficient (Wildman–Crippen LogP) is 2.32. The Morgan fingerprint density at radius 2 is 1.85 bits per heavy atom. The first kappa shape index (κ1) is 26.0. The van der Waals surface area contributed by atoms with Crippen LogP contribution < -0.4 is 29.6 Å². The molecule has 0 atom stereocenters. The van der Waals surface area contributed by atoms with Crippen molar-refractivity contribution in [2.45, 2.75) is 18.9 Å². The maximum Gasteiger partial charge on any atom is 0.275 e. The Hall–Kier alpha value is -4.27. The van der Waals surface area contributed by atoms with Gasteiger partial charge < -0.3 is 24.1 Å². The van der Waals surface area contributed by atoms with Gasteiger partial charge in [-0.1, -0.05) is 0 Å². The summed E-state index contributed by atoms with van der Waals surface area (Å²) in [6, 6.07) is 9.27. The number of carbonyl (C=O) groups is 1. The number of amides is 1. The number of anilines is 2. The van der Waals surface area contributed by atoms with Crippen molar-refractivity contribution in [3.05, 3.63) is 66.5 Å². The first-order valence-corrected chi connectivity index (χ1v) is 14.2. The van der Waals surface area contributed by atoms with Gasteiger partial charge in [0.15, 0.2) is 17.1 Å². The maximum absolute atomic E-state index is 14.3. The lowest BCUT2D eigenvalue weighted by Crippen LogP contribution is -2.46. The third-order valence-electron chi connectivity index (χ3n) is 6.80. The number of rotatable bonds is 6. The number of aromatic nitrogens is 3. The number of fused-ring (bicyclic) bond motifs is 2. The number of ether oxygens (including phenoxy) is 2. The van der Waals surface area contributed by atoms with Crippen LogP contribution in [0.3, 0.4) is 0 Å². The number of carbonyl (C=O) groups excluding carboxylic acids is 1. The number of nitrogens with two attached hydrogens (primary N) is 1. The first-order valence-electron chi connectivity index (χ1n) is 12.6. The number of nitrogens with zero attached hydrogens (tertiary/aromatic N) is 4. The summed E-state index contributed by atoms with van der Waals surface area (Å²) in [4.78, 5) is 24.4. The van der Waals surface area contributed by atoms with E-state index in [4.69, 9.17) is 14.6 Å². The van der Waals surface area contributed by atoms with Gasteiger partial charge in [-0.2, -0.15) is 13.1 Å². The largest absolute Gasteiger partial charge is 0.486 e. The Morgan fingerprint density at radius 3 is 2.62 bits per heavy atom. The lowest BCUT2D eigenvalue weighted by Gasteiger charge is -2.34. The van der Waals surface area contributed by atoms with E-state index in [-0.39, 0.29) is 17.4 Å². The van der Waals surface area contributed by atoms with Crippen LogP contribution in [-0.4, -0.2) is 61.0 Å². The molecule has 40 heavy (non-hydrogen) atoms. The van der Waals surface area contributed by atoms with E-state index in [9.17, 15) is 17.6 Å². The van der Waals surface area contributed by atoms with Crippen LogP contribution in [0.1, 0.15) is 23.3 Å². The zero-order valence-electron chi connectivity index (χ0n) is 21.2. The third kappa shape index (κ3) is 5.41. The molecular weight excluding hydrogens is 541 g/mol. The summed E-state index contributed by atoms with van der Waals surface area (Å²) in [5, 5.41) is 7.91. The molecule has 12 nitrogen and oxygen atoms in total. The van der Waals surface area contributed by atoms with Gasteiger partial charge in [0.05, 0.1) is 11.4 Å². The van der Waals surface area contributed by atoms with Gasteiger partial charge in [0.2, 0.25) is 0 Å². The fraction of sp³-hybridized carbons (Fsp3) is 0.269. The molecule has 2 aromatic heterocycles. The Balaban J connectivity index is 1.28. The standard InChI is InChI=1S/C26H26FN7O5S/c27-17-2-3-21(33-8-5-18(6-9-33)32-40(28,36)37)19(14-17)31-26(35)20-15-34-10-7-29-25(34)24(30-20)16-1-4-22-23(13-16)39-12-11-38-22/h1-4,7,10,13-15,18,32H,5-6,8-9,11-12H2,(H,31,35)(H2,28,36,37). The number of piperidine rings is 1. The summed E-state index contributed by atoms with van der Waals surface area (Å²) in [7, 11) is -3.81. The molecule has 6 rings (SSSR count). The van der Waals surface area contributed by atoms with E-state index < -0.39 is 21.9 Å². The minimum Gasteiger partial charge on any atom is -0.486 e. The molecule has 4 N–H and O–H groups in total. The van der Waals surface area contributed by atoms with Crippen LogP contribution in [-0.2, 0) is 10.2 Å². The van der Waals surface area contributed by atoms with Crippen LogP contribution in [0.2, 0.25) is 0 Å². The smallest absolute Gasteiger partial charge is 0.275 e. The monoisotopic (exact) mass is 567 g/mol. The average Bonchev–Trinajstić information content (AvgIpc) is 3.41. The summed E-state index contributed by atoms with van der Waals surface area (Å²) in [6.07, 6.45) is 5.88. The molecule has 4 aromatic rings. The SMILES string of the molecule is NS(=O)(=O)NC1CCN(c2ccc(F)cc2NC(=O)c2cn3ccnc3c(-c3ccc4c(c3)OCCO4)n2)CC1. The zero-order chi connectivity index (χ0) is 27.9. The van der Waals surface area contributed by atoms with Crippen molar-refractivity contribution in [3.8, 4) is 22.8 Å². The lowest BCUT2D eigenvalue weighted by molar-refractivity contribution is 0.102. The van der Waals surface area contributed by atoms with Gasteiger partial charge in [-0.25, -0.2) is 19.5 Å². The molecule has 0 aliphatic carbocycles. The van der Waals surface area contributed by atoms with Crippen LogP contribution in [0.4, 0.5) is 15.8 Å². The quantitative estimate of drug-likeness (QED) is 0.321. The molecule has 0 unspecified atom stereocenters. The van der Waals surface area contributed by atoms with Crippen molar-refractivity contribution in [2.75, 3.05) is 36.5 Å². The van der Waals surface area contributed by atoms with Crippen molar-refractivity contribution in [2.24, 2.45) is 5.14 Å². The first-order chi connectivity index (χ1) is 19.2. The molecule has 0 radical (unpaired) electrons. The normalized spacial score (nSPS) is 15.8. The zero-order valence-corrected chi connectivity index (χ0v) is 22.0. The molecule has 2 aliphatic rings. The van der Waals surface area contributed by atoms with E-state index >= 15 is 0 Å². The topological polar surface area (TPSA) is 153 Å². The highest BCUT2D eigenvalue weighted by molar-refractivity contribution is 7.87. The molecule has 1 saturated heterocycles. The Bertz CT molecular complexity index is 1700. The molecule has 4 heterocycles. The number of imidazole rings is 1. The molecule has 0 bridgehead atoms. The van der Waals surface area contributed by atoms with Crippen LogP contribution in [0.5, 0.6) is 11.5 Å². The van der Waals surface area contributed by atoms with Gasteiger partial charge in [0, 0.05) is 43.3 Å². The van der Waals surface area contributed by atoms with Crippen molar-refractivity contribution >= 4 is 33.1 Å². The van der Waals surface area contributed by atoms with Gasteiger partial charge in [0.25, 0.3) is 16.1 Å². The van der Waals surface area contributed by atoms with Crippen molar-refractivity contribution in [1.82, 2.24) is 19.1 Å². The van der Waals surface area contributed by atoms with E-state index in [2.05, 4.69) is 20.0 Å². The molecule has 2 aromatic carbocycles. The summed E-state index contributed by atoms with van der Waals surface area (Å²) >= 11 is 0. The maximum atomic E-state index is 14.3. The van der Waals surface area contributed by atoms with E-state index in [0.717, 1.165) is 0 Å². The van der Waals surface area contributed by atoms with Gasteiger partial charge in [0.1, 0.15) is 30.4 Å². The average molecular weight is 568 g/mol. The van der Waals surface area contributed by atoms with Crippen molar-refractivity contribution < 1.29 is 27.1 Å². The molecule has 0 saturated carbocycles. The van der Waals surface area contributed by atoms with Gasteiger partial charge in [-0.15, -0.1) is 0 Å². The Kier molecular flexibility index (Phi) is 6.73. The molecule has 1 fully saturated rings. The second kappa shape index (κ2) is 10.4.